The van der Waals surface area contributed by atoms with Crippen molar-refractivity contribution >= 4 is 23.4 Å². The van der Waals surface area contributed by atoms with Gasteiger partial charge in [-0.3, -0.25) is 24.1 Å². The zero-order valence-corrected chi connectivity index (χ0v) is 15.2. The van der Waals surface area contributed by atoms with Gasteiger partial charge in [-0.2, -0.15) is 0 Å². The highest BCUT2D eigenvalue weighted by atomic mass is 19.1. The summed E-state index contributed by atoms with van der Waals surface area (Å²) >= 11 is 0. The molecule has 0 saturated carbocycles. The molecule has 0 bridgehead atoms. The summed E-state index contributed by atoms with van der Waals surface area (Å²) in [6.07, 6.45) is 9.41. The van der Waals surface area contributed by atoms with Crippen LogP contribution in [-0.2, 0) is 19.2 Å². The summed E-state index contributed by atoms with van der Waals surface area (Å²) in [7, 11) is 0. The summed E-state index contributed by atoms with van der Waals surface area (Å²) in [6.45, 7) is -0.363. The van der Waals surface area contributed by atoms with Gasteiger partial charge < -0.3 is 5.11 Å². The van der Waals surface area contributed by atoms with Crippen LogP contribution < -0.4 is 0 Å². The van der Waals surface area contributed by atoms with Crippen molar-refractivity contribution in [2.45, 2.75) is 77.0 Å². The molecule has 0 spiro atoms. The molecule has 1 N–H and O–H groups in total. The first-order valence-electron chi connectivity index (χ1n) is 9.33. The van der Waals surface area contributed by atoms with Crippen LogP contribution in [0.1, 0.15) is 77.0 Å². The number of hydrogen-bond donors (Lipinski definition) is 1. The van der Waals surface area contributed by atoms with E-state index >= 15 is 0 Å². The number of rotatable bonds is 13. The van der Waals surface area contributed by atoms with Gasteiger partial charge in [0.05, 0.1) is 12.6 Å². The minimum Gasteiger partial charge on any atom is -0.389 e. The number of halogens is 1. The number of amides is 2. The van der Waals surface area contributed by atoms with E-state index in [-0.39, 0.29) is 18.8 Å². The summed E-state index contributed by atoms with van der Waals surface area (Å²) < 4.78 is 13.2. The third-order valence-electron chi connectivity index (χ3n) is 4.38. The van der Waals surface area contributed by atoms with Gasteiger partial charge in [0.25, 0.3) is 0 Å². The van der Waals surface area contributed by atoms with E-state index in [0.29, 0.717) is 19.0 Å². The lowest BCUT2D eigenvalue weighted by Crippen LogP contribution is -2.37. The monoisotopic (exact) mass is 369 g/mol. The molecule has 0 unspecified atom stereocenters. The Morgan fingerprint density at radius 3 is 1.96 bits per heavy atom. The quantitative estimate of drug-likeness (QED) is 0.398. The van der Waals surface area contributed by atoms with Crippen molar-refractivity contribution in [1.29, 1.82) is 0 Å². The van der Waals surface area contributed by atoms with Gasteiger partial charge in [-0.05, 0) is 12.8 Å². The van der Waals surface area contributed by atoms with Crippen LogP contribution in [-0.4, -0.2) is 40.0 Å². The zero-order valence-electron chi connectivity index (χ0n) is 15.2. The average molecular weight is 369 g/mol. The lowest BCUT2D eigenvalue weighted by molar-refractivity contribution is -0.143. The van der Waals surface area contributed by atoms with E-state index in [4.69, 9.17) is 5.11 Å². The smallest absolute Gasteiger partial charge is 0.241 e. The maximum Gasteiger partial charge on any atom is 0.241 e. The highest BCUT2D eigenvalue weighted by Gasteiger charge is 2.29. The number of unbranched alkanes of at least 4 members (excludes halogenated alkanes) is 8. The van der Waals surface area contributed by atoms with Crippen molar-refractivity contribution in [2.75, 3.05) is 6.61 Å². The Kier molecular flexibility index (Phi) is 10.6. The number of hydrogen-bond acceptors (Lipinski definition) is 5. The van der Waals surface area contributed by atoms with E-state index in [2.05, 4.69) is 0 Å². The Bertz CT molecular complexity index is 544. The van der Waals surface area contributed by atoms with Crippen LogP contribution >= 0.6 is 0 Å². The van der Waals surface area contributed by atoms with Crippen LogP contribution in [0.15, 0.2) is 12.0 Å². The Morgan fingerprint density at radius 2 is 1.42 bits per heavy atom. The van der Waals surface area contributed by atoms with Crippen LogP contribution in [0.25, 0.3) is 0 Å². The van der Waals surface area contributed by atoms with E-state index < -0.39 is 29.8 Å². The maximum absolute atomic E-state index is 13.2. The number of aliphatic hydroxyl groups excluding tert-OH is 1. The van der Waals surface area contributed by atoms with E-state index in [9.17, 15) is 23.6 Å². The summed E-state index contributed by atoms with van der Waals surface area (Å²) in [5.74, 6) is -3.15. The fourth-order valence-electron chi connectivity index (χ4n) is 2.81. The largest absolute Gasteiger partial charge is 0.389 e. The third kappa shape index (κ3) is 8.47. The van der Waals surface area contributed by atoms with Gasteiger partial charge in [0.15, 0.2) is 11.6 Å². The second kappa shape index (κ2) is 12.5. The van der Waals surface area contributed by atoms with E-state index in [1.807, 2.05) is 0 Å². The number of allylic oxidation sites excluding steroid dienone is 1. The molecule has 0 aliphatic carbocycles. The van der Waals surface area contributed by atoms with E-state index in [1.54, 1.807) is 0 Å². The van der Waals surface area contributed by atoms with Crippen LogP contribution in [0.5, 0.6) is 0 Å². The molecule has 7 heteroatoms. The first-order chi connectivity index (χ1) is 12.5. The fraction of sp³-hybridized carbons (Fsp3) is 0.684. The molecule has 146 valence electrons. The second-order valence-corrected chi connectivity index (χ2v) is 6.61. The predicted molar refractivity (Wildman–Crippen MR) is 93.5 cm³/mol. The molecule has 0 aromatic carbocycles. The van der Waals surface area contributed by atoms with Gasteiger partial charge in [-0.25, -0.2) is 4.39 Å². The Balaban J connectivity index is 2.00. The molecule has 1 rings (SSSR count). The van der Waals surface area contributed by atoms with Crippen molar-refractivity contribution in [1.82, 2.24) is 4.90 Å². The summed E-state index contributed by atoms with van der Waals surface area (Å²) in [6, 6.07) is 0. The highest BCUT2D eigenvalue weighted by molar-refractivity contribution is 6.13. The fourth-order valence-corrected chi connectivity index (χ4v) is 2.81. The van der Waals surface area contributed by atoms with Crippen molar-refractivity contribution in [3.63, 3.8) is 0 Å². The summed E-state index contributed by atoms with van der Waals surface area (Å²) in [4.78, 5) is 46.1. The van der Waals surface area contributed by atoms with Gasteiger partial charge >= 0.3 is 0 Å². The van der Waals surface area contributed by atoms with Crippen LogP contribution in [0.4, 0.5) is 4.39 Å². The summed E-state index contributed by atoms with van der Waals surface area (Å²) in [5.41, 5.74) is 0. The van der Waals surface area contributed by atoms with Gasteiger partial charge in [0.1, 0.15) is 6.61 Å². The summed E-state index contributed by atoms with van der Waals surface area (Å²) in [5, 5.41) is 8.60. The lowest BCUT2D eigenvalue weighted by Gasteiger charge is -2.19. The molecule has 1 heterocycles. The Labute approximate surface area is 153 Å². The first kappa shape index (κ1) is 22.2. The van der Waals surface area contributed by atoms with Gasteiger partial charge in [0.2, 0.25) is 17.6 Å². The predicted octanol–water partition coefficient (Wildman–Crippen LogP) is 2.98. The lowest BCUT2D eigenvalue weighted by atomic mass is 10.0. The van der Waals surface area contributed by atoms with Gasteiger partial charge in [-0.1, -0.05) is 44.9 Å². The minimum absolute atomic E-state index is 0.101. The molecule has 1 aliphatic rings. The molecular formula is C19H28FNO5. The average Bonchev–Trinajstić information content (AvgIpc) is 2.62. The van der Waals surface area contributed by atoms with Crippen molar-refractivity contribution in [2.24, 2.45) is 0 Å². The van der Waals surface area contributed by atoms with Crippen LogP contribution in [0, 0.1) is 0 Å². The SMILES string of the molecule is O=C(CO)CCCCCCCCCCCC(=O)N1C=C(F)C(=O)CC1=O. The molecule has 0 atom stereocenters. The number of aliphatic hydroxyl groups is 1. The van der Waals surface area contributed by atoms with Crippen LogP contribution in [0.2, 0.25) is 0 Å². The van der Waals surface area contributed by atoms with Crippen LogP contribution in [0.3, 0.4) is 0 Å². The number of carbonyl (C=O) groups excluding carboxylic acids is 4. The van der Waals surface area contributed by atoms with Gasteiger partial charge in [0, 0.05) is 12.8 Å². The third-order valence-corrected chi connectivity index (χ3v) is 4.38. The molecule has 0 saturated heterocycles. The standard InChI is InChI=1S/C19H28FNO5/c20-16-13-21(19(26)12-17(16)24)18(25)11-9-7-5-3-1-2-4-6-8-10-15(23)14-22/h13,22H,1-12,14H2. The molecule has 0 aromatic heterocycles. The molecule has 0 radical (unpaired) electrons. The second-order valence-electron chi connectivity index (χ2n) is 6.61. The Morgan fingerprint density at radius 1 is 0.923 bits per heavy atom. The maximum atomic E-state index is 13.2. The number of imide groups is 1. The van der Waals surface area contributed by atoms with Crippen molar-refractivity contribution in [3.8, 4) is 0 Å². The first-order valence-corrected chi connectivity index (χ1v) is 9.33. The minimum atomic E-state index is -1.04. The molecule has 2 amide bonds. The van der Waals surface area contributed by atoms with Crippen molar-refractivity contribution in [3.05, 3.63) is 12.0 Å². The zero-order chi connectivity index (χ0) is 19.4. The molecule has 26 heavy (non-hydrogen) atoms. The van der Waals surface area contributed by atoms with Crippen molar-refractivity contribution < 1.29 is 28.7 Å². The number of nitrogens with zero attached hydrogens (tertiary/aromatic N) is 1. The molecule has 0 fully saturated rings. The highest BCUT2D eigenvalue weighted by Crippen LogP contribution is 2.16. The number of ketones is 2. The van der Waals surface area contributed by atoms with E-state index in [1.165, 1.54) is 0 Å². The molecular weight excluding hydrogens is 341 g/mol. The van der Waals surface area contributed by atoms with E-state index in [0.717, 1.165) is 56.3 Å². The Hall–Kier alpha value is -1.89. The van der Waals surface area contributed by atoms with Gasteiger partial charge in [-0.15, -0.1) is 0 Å². The topological polar surface area (TPSA) is 91.8 Å². The number of Topliss-reactive ketones (excluding diaryl/α,β-unsaturated/α-hetero) is 2. The normalized spacial score (nSPS) is 14.5. The molecule has 0 aromatic rings. The molecule has 6 nitrogen and oxygen atoms in total. The number of carbonyl (C=O) groups is 4. The molecule has 1 aliphatic heterocycles.